The number of ether oxygens (including phenoxy) is 2. The fourth-order valence-corrected chi connectivity index (χ4v) is 8.09. The van der Waals surface area contributed by atoms with Crippen LogP contribution >= 0.6 is 33.8 Å². The first-order valence-electron chi connectivity index (χ1n) is 9.51. The number of benzene rings is 2. The number of thiocarbonyl (C=S) groups is 1. The highest BCUT2D eigenvalue weighted by Crippen LogP contribution is 2.59. The third kappa shape index (κ3) is 3.43. The second-order valence-electron chi connectivity index (χ2n) is 7.57. The number of hydrogen-bond acceptors (Lipinski definition) is 6. The lowest BCUT2D eigenvalue weighted by Gasteiger charge is -2.49. The first-order valence-corrected chi connectivity index (χ1v) is 12.1. The molecule has 29 heavy (non-hydrogen) atoms. The molecule has 0 radical (unpaired) electrons. The summed E-state index contributed by atoms with van der Waals surface area (Å²) in [5, 5.41) is 0.173. The summed E-state index contributed by atoms with van der Waals surface area (Å²) < 4.78 is 11.9. The van der Waals surface area contributed by atoms with E-state index < -0.39 is 5.54 Å². The fourth-order valence-electron chi connectivity index (χ4n) is 4.06. The Bertz CT molecular complexity index is 958. The van der Waals surface area contributed by atoms with Crippen LogP contribution in [-0.2, 0) is 0 Å². The summed E-state index contributed by atoms with van der Waals surface area (Å²) in [4.78, 5) is 15.6. The van der Waals surface area contributed by atoms with Crippen molar-refractivity contribution < 1.29 is 14.3 Å². The van der Waals surface area contributed by atoms with Crippen LogP contribution in [0.5, 0.6) is 11.5 Å². The summed E-state index contributed by atoms with van der Waals surface area (Å²) in [6.45, 7) is 6.83. The van der Waals surface area contributed by atoms with Gasteiger partial charge in [0.15, 0.2) is 0 Å². The van der Waals surface area contributed by atoms with Crippen LogP contribution < -0.4 is 14.4 Å². The van der Waals surface area contributed by atoms with Gasteiger partial charge in [0.2, 0.25) is 0 Å². The zero-order chi connectivity index (χ0) is 20.8. The first kappa shape index (κ1) is 20.6. The highest BCUT2D eigenvalue weighted by Gasteiger charge is 2.53. The van der Waals surface area contributed by atoms with E-state index >= 15 is 0 Å². The van der Waals surface area contributed by atoms with Gasteiger partial charge in [0.05, 0.1) is 28.7 Å². The number of carbonyl (C=O) groups excluding carboxylic acids is 1. The summed E-state index contributed by atoms with van der Waals surface area (Å²) in [5.74, 6) is 1.64. The van der Waals surface area contributed by atoms with Crippen LogP contribution in [0.3, 0.4) is 0 Å². The van der Waals surface area contributed by atoms with E-state index in [4.69, 9.17) is 21.7 Å². The van der Waals surface area contributed by atoms with Gasteiger partial charge in [-0.1, -0.05) is 23.0 Å². The number of rotatable bonds is 4. The van der Waals surface area contributed by atoms with Gasteiger partial charge in [0.1, 0.15) is 11.5 Å². The molecular weight excluding hydrogens is 422 g/mol. The van der Waals surface area contributed by atoms with E-state index in [9.17, 15) is 4.79 Å². The minimum atomic E-state index is -0.403. The largest absolute Gasteiger partial charge is 0.497 e. The Morgan fingerprint density at radius 2 is 1.86 bits per heavy atom. The molecular formula is C22H23NO3S3. The summed E-state index contributed by atoms with van der Waals surface area (Å²) in [6.07, 6.45) is 0. The molecule has 0 aromatic heterocycles. The lowest BCUT2D eigenvalue weighted by Crippen LogP contribution is -2.58. The number of carbonyl (C=O) groups is 1. The minimum Gasteiger partial charge on any atom is -0.497 e. The molecule has 7 heteroatoms. The highest BCUT2D eigenvalue weighted by molar-refractivity contribution is 8.84. The van der Waals surface area contributed by atoms with Crippen LogP contribution in [0.2, 0.25) is 0 Å². The van der Waals surface area contributed by atoms with Gasteiger partial charge in [-0.05, 0) is 79.6 Å². The van der Waals surface area contributed by atoms with Gasteiger partial charge in [-0.25, -0.2) is 0 Å². The maximum atomic E-state index is 13.7. The Balaban J connectivity index is 1.84. The lowest BCUT2D eigenvalue weighted by atomic mass is 9.78. The molecule has 1 saturated heterocycles. The average Bonchev–Trinajstić information content (AvgIpc) is 3.11. The molecule has 2 aromatic rings. The number of fused-ring (bicyclic) bond motifs is 3. The van der Waals surface area contributed by atoms with E-state index in [0.717, 1.165) is 26.9 Å². The van der Waals surface area contributed by atoms with Crippen molar-refractivity contribution in [2.45, 2.75) is 37.5 Å². The zero-order valence-electron chi connectivity index (χ0n) is 16.8. The van der Waals surface area contributed by atoms with Crippen molar-refractivity contribution in [3.05, 3.63) is 53.6 Å². The highest BCUT2D eigenvalue weighted by atomic mass is 33.1. The molecule has 1 fully saturated rings. The number of nitrogens with zero attached hydrogens (tertiary/aromatic N) is 1. The Hall–Kier alpha value is -1.70. The molecule has 152 valence electrons. The minimum absolute atomic E-state index is 0.0232. The summed E-state index contributed by atoms with van der Waals surface area (Å²) in [6, 6.07) is 13.3. The predicted molar refractivity (Wildman–Crippen MR) is 126 cm³/mol. The van der Waals surface area contributed by atoms with Crippen LogP contribution in [0.4, 0.5) is 5.69 Å². The molecule has 4 nitrogen and oxygen atoms in total. The van der Waals surface area contributed by atoms with Gasteiger partial charge >= 0.3 is 0 Å². The average molecular weight is 446 g/mol. The number of hydrogen-bond donors (Lipinski definition) is 0. The molecule has 2 heterocycles. The maximum Gasteiger partial charge on any atom is 0.258 e. The van der Waals surface area contributed by atoms with E-state index in [1.807, 2.05) is 48.2 Å². The monoisotopic (exact) mass is 445 g/mol. The molecule has 0 spiro atoms. The standard InChI is InChI=1S/C22H23NO3S3/c1-5-26-15-10-11-17-16(12-15)18-19(28-29-21(18)27)22(2,3)23(17)20(24)13-6-8-14(25-4)9-7-13/h6-12,18-19H,5H2,1-4H3. The van der Waals surface area contributed by atoms with Gasteiger partial charge in [-0.3, -0.25) is 4.79 Å². The molecule has 0 N–H and O–H groups in total. The topological polar surface area (TPSA) is 38.8 Å². The first-order chi connectivity index (χ1) is 13.9. The van der Waals surface area contributed by atoms with Crippen molar-refractivity contribution in [1.82, 2.24) is 0 Å². The molecule has 2 atom stereocenters. The van der Waals surface area contributed by atoms with E-state index in [0.29, 0.717) is 12.2 Å². The van der Waals surface area contributed by atoms with Crippen molar-refractivity contribution in [3.63, 3.8) is 0 Å². The maximum absolute atomic E-state index is 13.7. The van der Waals surface area contributed by atoms with Crippen molar-refractivity contribution in [3.8, 4) is 11.5 Å². The van der Waals surface area contributed by atoms with Crippen LogP contribution in [0, 0.1) is 0 Å². The van der Waals surface area contributed by atoms with Crippen LogP contribution in [0.15, 0.2) is 42.5 Å². The lowest BCUT2D eigenvalue weighted by molar-refractivity contribution is 0.0957. The second kappa shape index (κ2) is 7.85. The van der Waals surface area contributed by atoms with Crippen molar-refractivity contribution >= 4 is 49.6 Å². The number of methoxy groups -OCH3 is 1. The predicted octanol–water partition coefficient (Wildman–Crippen LogP) is 5.71. The van der Waals surface area contributed by atoms with Crippen molar-refractivity contribution in [2.75, 3.05) is 18.6 Å². The number of amides is 1. The fraction of sp³-hybridized carbons (Fsp3) is 0.364. The van der Waals surface area contributed by atoms with Crippen molar-refractivity contribution in [2.24, 2.45) is 0 Å². The molecule has 2 aliphatic heterocycles. The third-order valence-electron chi connectivity index (χ3n) is 5.49. The SMILES string of the molecule is CCOc1ccc2c(c1)C1C(=S)SSC1C(C)(C)N2C(=O)c1ccc(OC)cc1. The summed E-state index contributed by atoms with van der Waals surface area (Å²) in [5.41, 5.74) is 2.21. The van der Waals surface area contributed by atoms with Crippen LogP contribution in [0.1, 0.15) is 42.6 Å². The Morgan fingerprint density at radius 3 is 2.52 bits per heavy atom. The molecule has 2 aliphatic rings. The molecule has 2 aromatic carbocycles. The van der Waals surface area contributed by atoms with Gasteiger partial charge in [-0.15, -0.1) is 0 Å². The third-order valence-corrected chi connectivity index (χ3v) is 9.33. The van der Waals surface area contributed by atoms with E-state index in [1.54, 1.807) is 28.7 Å². The van der Waals surface area contributed by atoms with E-state index in [2.05, 4.69) is 19.9 Å². The van der Waals surface area contributed by atoms with Gasteiger partial charge in [0, 0.05) is 17.2 Å². The summed E-state index contributed by atoms with van der Waals surface area (Å²) >= 11 is 5.71. The molecule has 4 rings (SSSR count). The molecule has 0 aliphatic carbocycles. The van der Waals surface area contributed by atoms with Gasteiger partial charge in [0.25, 0.3) is 5.91 Å². The smallest absolute Gasteiger partial charge is 0.258 e. The Labute approximate surface area is 184 Å². The Kier molecular flexibility index (Phi) is 5.57. The molecule has 0 bridgehead atoms. The normalized spacial score (nSPS) is 22.1. The van der Waals surface area contributed by atoms with E-state index in [1.165, 1.54) is 0 Å². The van der Waals surface area contributed by atoms with Crippen LogP contribution in [-0.4, -0.2) is 34.6 Å². The molecule has 1 amide bonds. The number of anilines is 1. The zero-order valence-corrected chi connectivity index (χ0v) is 19.2. The second-order valence-corrected chi connectivity index (χ2v) is 10.7. The van der Waals surface area contributed by atoms with Crippen molar-refractivity contribution in [1.29, 1.82) is 0 Å². The quantitative estimate of drug-likeness (QED) is 0.443. The van der Waals surface area contributed by atoms with Crippen LogP contribution in [0.25, 0.3) is 0 Å². The van der Waals surface area contributed by atoms with E-state index in [-0.39, 0.29) is 17.1 Å². The van der Waals surface area contributed by atoms with Gasteiger partial charge in [-0.2, -0.15) is 0 Å². The molecule has 0 saturated carbocycles. The summed E-state index contributed by atoms with van der Waals surface area (Å²) in [7, 11) is 5.04. The molecule has 2 unspecified atom stereocenters. The Morgan fingerprint density at radius 1 is 1.17 bits per heavy atom. The van der Waals surface area contributed by atoms with Gasteiger partial charge < -0.3 is 14.4 Å².